The summed E-state index contributed by atoms with van der Waals surface area (Å²) in [5, 5.41) is 5.52. The first-order valence-corrected chi connectivity index (χ1v) is 9.41. The number of ether oxygens (including phenoxy) is 1. The molecular weight excluding hydrogens is 422 g/mol. The molecule has 0 saturated carbocycles. The fourth-order valence-electron chi connectivity index (χ4n) is 2.45. The van der Waals surface area contributed by atoms with E-state index < -0.39 is 0 Å². The van der Waals surface area contributed by atoms with Crippen molar-refractivity contribution in [3.8, 4) is 11.5 Å². The lowest BCUT2D eigenvalue weighted by molar-refractivity contribution is 0.0926. The molecule has 28 heavy (non-hydrogen) atoms. The van der Waals surface area contributed by atoms with Gasteiger partial charge in [-0.3, -0.25) is 14.6 Å². The number of hydrogen-bond donors (Lipinski definition) is 2. The first-order valence-electron chi connectivity index (χ1n) is 8.62. The van der Waals surface area contributed by atoms with Crippen LogP contribution in [0.5, 0.6) is 11.5 Å². The van der Waals surface area contributed by atoms with Crippen LogP contribution in [-0.4, -0.2) is 29.9 Å². The Kier molecular flexibility index (Phi) is 6.75. The summed E-state index contributed by atoms with van der Waals surface area (Å²) in [7, 11) is 0. The van der Waals surface area contributed by atoms with Gasteiger partial charge in [0.15, 0.2) is 0 Å². The number of nitrogens with one attached hydrogen (secondary N) is 2. The highest BCUT2D eigenvalue weighted by Crippen LogP contribution is 2.27. The number of halogens is 1. The summed E-state index contributed by atoms with van der Waals surface area (Å²) in [4.78, 5) is 28.4. The summed E-state index contributed by atoms with van der Waals surface area (Å²) < 4.78 is 6.73. The van der Waals surface area contributed by atoms with Crippen LogP contribution in [0.25, 0.3) is 0 Å². The lowest BCUT2D eigenvalue weighted by Gasteiger charge is -2.12. The molecule has 6 nitrogen and oxygen atoms in total. The molecule has 3 rings (SSSR count). The summed E-state index contributed by atoms with van der Waals surface area (Å²) in [5.74, 6) is 0.567. The van der Waals surface area contributed by atoms with E-state index in [1.165, 1.54) is 6.20 Å². The van der Waals surface area contributed by atoms with E-state index in [2.05, 4.69) is 31.5 Å². The highest BCUT2D eigenvalue weighted by molar-refractivity contribution is 9.10. The lowest BCUT2D eigenvalue weighted by Crippen LogP contribution is -2.34. The summed E-state index contributed by atoms with van der Waals surface area (Å²) in [6.07, 6.45) is 3.09. The van der Waals surface area contributed by atoms with Crippen LogP contribution >= 0.6 is 15.9 Å². The van der Waals surface area contributed by atoms with Crippen LogP contribution in [0, 0.1) is 0 Å². The fourth-order valence-corrected chi connectivity index (χ4v) is 2.83. The van der Waals surface area contributed by atoms with Gasteiger partial charge in [-0.05, 0) is 42.5 Å². The molecule has 0 aliphatic carbocycles. The zero-order chi connectivity index (χ0) is 19.8. The van der Waals surface area contributed by atoms with E-state index in [1.807, 2.05) is 24.3 Å². The monoisotopic (exact) mass is 439 g/mol. The average Bonchev–Trinajstić information content (AvgIpc) is 2.72. The predicted molar refractivity (Wildman–Crippen MR) is 110 cm³/mol. The molecule has 0 aliphatic heterocycles. The Bertz CT molecular complexity index is 964. The second kappa shape index (κ2) is 9.66. The summed E-state index contributed by atoms with van der Waals surface area (Å²) in [6.45, 7) is 0.587. The van der Waals surface area contributed by atoms with E-state index in [0.717, 1.165) is 4.47 Å². The molecule has 2 N–H and O–H groups in total. The van der Waals surface area contributed by atoms with Crippen molar-refractivity contribution < 1.29 is 14.3 Å². The van der Waals surface area contributed by atoms with Crippen molar-refractivity contribution in [1.29, 1.82) is 0 Å². The third kappa shape index (κ3) is 5.40. The standard InChI is InChI=1S/C21H18BrN3O3/c22-16-6-3-7-17(13-16)28-19-9-2-1-8-18(19)21(27)25-12-11-24-20(26)15-5-4-10-23-14-15/h1-10,13-14H,11-12H2,(H,24,26)(H,25,27). The average molecular weight is 440 g/mol. The molecule has 1 aromatic heterocycles. The van der Waals surface area contributed by atoms with Crippen molar-refractivity contribution in [3.05, 3.63) is 88.7 Å². The summed E-state index contributed by atoms with van der Waals surface area (Å²) in [6, 6.07) is 17.8. The number of benzene rings is 2. The van der Waals surface area contributed by atoms with Crippen LogP contribution in [-0.2, 0) is 0 Å². The molecule has 2 aromatic carbocycles. The maximum absolute atomic E-state index is 12.5. The normalized spacial score (nSPS) is 10.2. The Hall–Kier alpha value is -3.19. The molecule has 1 heterocycles. The number of carbonyl (C=O) groups is 2. The second-order valence-electron chi connectivity index (χ2n) is 5.81. The topological polar surface area (TPSA) is 80.3 Å². The highest BCUT2D eigenvalue weighted by atomic mass is 79.9. The van der Waals surface area contributed by atoms with E-state index in [1.54, 1.807) is 42.6 Å². The quantitative estimate of drug-likeness (QED) is 0.548. The number of aromatic nitrogens is 1. The van der Waals surface area contributed by atoms with Crippen molar-refractivity contribution in [3.63, 3.8) is 0 Å². The first kappa shape index (κ1) is 19.6. The molecule has 7 heteroatoms. The molecule has 0 bridgehead atoms. The van der Waals surface area contributed by atoms with E-state index in [-0.39, 0.29) is 18.4 Å². The number of nitrogens with zero attached hydrogens (tertiary/aromatic N) is 1. The molecule has 0 fully saturated rings. The van der Waals surface area contributed by atoms with Crippen LogP contribution in [0.3, 0.4) is 0 Å². The number of hydrogen-bond acceptors (Lipinski definition) is 4. The molecule has 0 radical (unpaired) electrons. The summed E-state index contributed by atoms with van der Waals surface area (Å²) in [5.41, 5.74) is 0.891. The van der Waals surface area contributed by atoms with Gasteiger partial charge in [0.05, 0.1) is 11.1 Å². The fraction of sp³-hybridized carbons (Fsp3) is 0.0952. The number of amides is 2. The number of carbonyl (C=O) groups excluding carboxylic acids is 2. The molecule has 0 spiro atoms. The van der Waals surface area contributed by atoms with Gasteiger partial charge in [0, 0.05) is 30.0 Å². The van der Waals surface area contributed by atoms with Crippen LogP contribution in [0.1, 0.15) is 20.7 Å². The number of rotatable bonds is 7. The minimum atomic E-state index is -0.277. The van der Waals surface area contributed by atoms with Crippen molar-refractivity contribution in [2.75, 3.05) is 13.1 Å². The zero-order valence-corrected chi connectivity index (χ0v) is 16.5. The molecule has 142 valence electrons. The van der Waals surface area contributed by atoms with Gasteiger partial charge in [0.25, 0.3) is 11.8 Å². The number of para-hydroxylation sites is 1. The highest BCUT2D eigenvalue weighted by Gasteiger charge is 2.13. The van der Waals surface area contributed by atoms with Gasteiger partial charge in [-0.15, -0.1) is 0 Å². The van der Waals surface area contributed by atoms with Gasteiger partial charge < -0.3 is 15.4 Å². The molecule has 2 amide bonds. The SMILES string of the molecule is O=C(NCCNC(=O)c1ccccc1Oc1cccc(Br)c1)c1cccnc1. The van der Waals surface area contributed by atoms with E-state index >= 15 is 0 Å². The maximum atomic E-state index is 12.5. The van der Waals surface area contributed by atoms with Gasteiger partial charge in [-0.2, -0.15) is 0 Å². The molecule has 0 saturated heterocycles. The van der Waals surface area contributed by atoms with Crippen LogP contribution < -0.4 is 15.4 Å². The van der Waals surface area contributed by atoms with Gasteiger partial charge in [0.1, 0.15) is 11.5 Å². The van der Waals surface area contributed by atoms with Crippen molar-refractivity contribution >= 4 is 27.7 Å². The van der Waals surface area contributed by atoms with Crippen LogP contribution in [0.15, 0.2) is 77.5 Å². The maximum Gasteiger partial charge on any atom is 0.255 e. The largest absolute Gasteiger partial charge is 0.456 e. The van der Waals surface area contributed by atoms with E-state index in [4.69, 9.17) is 4.74 Å². The third-order valence-electron chi connectivity index (χ3n) is 3.78. The van der Waals surface area contributed by atoms with Gasteiger partial charge in [-0.1, -0.05) is 34.1 Å². The molecule has 3 aromatic rings. The molecule has 0 atom stereocenters. The smallest absolute Gasteiger partial charge is 0.255 e. The first-order chi connectivity index (χ1) is 13.6. The Morgan fingerprint density at radius 3 is 2.46 bits per heavy atom. The number of pyridine rings is 1. The van der Waals surface area contributed by atoms with Gasteiger partial charge in [0.2, 0.25) is 0 Å². The van der Waals surface area contributed by atoms with Crippen LogP contribution in [0.2, 0.25) is 0 Å². The molecular formula is C21H18BrN3O3. The van der Waals surface area contributed by atoms with Gasteiger partial charge in [-0.25, -0.2) is 0 Å². The molecule has 0 unspecified atom stereocenters. The minimum absolute atomic E-state index is 0.235. The Morgan fingerprint density at radius 1 is 0.929 bits per heavy atom. The van der Waals surface area contributed by atoms with E-state index in [9.17, 15) is 9.59 Å². The Balaban J connectivity index is 1.55. The third-order valence-corrected chi connectivity index (χ3v) is 4.27. The summed E-state index contributed by atoms with van der Waals surface area (Å²) >= 11 is 3.40. The van der Waals surface area contributed by atoms with Crippen molar-refractivity contribution in [1.82, 2.24) is 15.6 Å². The van der Waals surface area contributed by atoms with E-state index in [0.29, 0.717) is 29.2 Å². The zero-order valence-electron chi connectivity index (χ0n) is 14.9. The minimum Gasteiger partial charge on any atom is -0.456 e. The van der Waals surface area contributed by atoms with Gasteiger partial charge >= 0.3 is 0 Å². The van der Waals surface area contributed by atoms with Crippen molar-refractivity contribution in [2.45, 2.75) is 0 Å². The Labute approximate surface area is 171 Å². The lowest BCUT2D eigenvalue weighted by atomic mass is 10.2. The van der Waals surface area contributed by atoms with Crippen molar-refractivity contribution in [2.24, 2.45) is 0 Å². The second-order valence-corrected chi connectivity index (χ2v) is 6.72. The van der Waals surface area contributed by atoms with Crippen LogP contribution in [0.4, 0.5) is 0 Å². The molecule has 0 aliphatic rings. The Morgan fingerprint density at radius 2 is 1.71 bits per heavy atom. The predicted octanol–water partition coefficient (Wildman–Crippen LogP) is 3.80.